The first-order valence-corrected chi connectivity index (χ1v) is 7.86. The second-order valence-corrected chi connectivity index (χ2v) is 6.30. The van der Waals surface area contributed by atoms with Crippen LogP contribution in [0.2, 0.25) is 0 Å². The number of fused-ring (bicyclic) bond motifs is 1. The number of nitrogens with zero attached hydrogens (tertiary/aromatic N) is 3. The van der Waals surface area contributed by atoms with Crippen LogP contribution < -0.4 is 10.2 Å². The molecule has 1 fully saturated rings. The van der Waals surface area contributed by atoms with E-state index in [2.05, 4.69) is 35.1 Å². The minimum absolute atomic E-state index is 0.776. The van der Waals surface area contributed by atoms with Crippen LogP contribution in [0.15, 0.2) is 6.07 Å². The Morgan fingerprint density at radius 1 is 1.32 bits per heavy atom. The third-order valence-corrected chi connectivity index (χ3v) is 4.38. The van der Waals surface area contributed by atoms with E-state index in [0.717, 1.165) is 42.7 Å². The van der Waals surface area contributed by atoms with Crippen molar-refractivity contribution in [2.24, 2.45) is 0 Å². The van der Waals surface area contributed by atoms with Crippen LogP contribution >= 0.6 is 11.3 Å². The largest absolute Gasteiger partial charge is 0.356 e. The first-order chi connectivity index (χ1) is 9.28. The Bertz CT molecular complexity index is 572. The molecule has 19 heavy (non-hydrogen) atoms. The lowest BCUT2D eigenvalue weighted by atomic mass is 10.3. The van der Waals surface area contributed by atoms with Crippen LogP contribution in [0.5, 0.6) is 0 Å². The van der Waals surface area contributed by atoms with Crippen LogP contribution in [0, 0.1) is 6.92 Å². The summed E-state index contributed by atoms with van der Waals surface area (Å²) in [5, 5.41) is 4.53. The smallest absolute Gasteiger partial charge is 0.226 e. The molecule has 102 valence electrons. The van der Waals surface area contributed by atoms with Crippen molar-refractivity contribution < 1.29 is 0 Å². The molecule has 0 atom stereocenters. The number of aryl methyl sites for hydroxylation is 1. The van der Waals surface area contributed by atoms with E-state index in [1.807, 2.05) is 0 Å². The van der Waals surface area contributed by atoms with Gasteiger partial charge in [0.05, 0.1) is 5.39 Å². The van der Waals surface area contributed by atoms with Crippen LogP contribution in [0.25, 0.3) is 10.2 Å². The highest BCUT2D eigenvalue weighted by Gasteiger charge is 2.19. The zero-order chi connectivity index (χ0) is 13.2. The molecule has 0 bridgehead atoms. The summed E-state index contributed by atoms with van der Waals surface area (Å²) >= 11 is 1.75. The minimum Gasteiger partial charge on any atom is -0.356 e. The SMILES string of the molecule is CCCNc1nc(N2CCCC2)c2cc(C)sc2n1. The number of nitrogens with one attached hydrogen (secondary N) is 1. The van der Waals surface area contributed by atoms with Gasteiger partial charge in [0.15, 0.2) is 0 Å². The maximum Gasteiger partial charge on any atom is 0.226 e. The van der Waals surface area contributed by atoms with Crippen molar-refractivity contribution in [1.29, 1.82) is 0 Å². The lowest BCUT2D eigenvalue weighted by Crippen LogP contribution is -2.20. The number of aromatic nitrogens is 2. The summed E-state index contributed by atoms with van der Waals surface area (Å²) in [4.78, 5) is 14.2. The molecule has 1 saturated heterocycles. The fourth-order valence-corrected chi connectivity index (χ4v) is 3.39. The summed E-state index contributed by atoms with van der Waals surface area (Å²) in [6, 6.07) is 2.22. The molecule has 0 unspecified atom stereocenters. The van der Waals surface area contributed by atoms with Gasteiger partial charge in [0.1, 0.15) is 10.6 Å². The number of thiophene rings is 1. The maximum absolute atomic E-state index is 4.74. The molecule has 1 N–H and O–H groups in total. The van der Waals surface area contributed by atoms with E-state index in [-0.39, 0.29) is 0 Å². The maximum atomic E-state index is 4.74. The van der Waals surface area contributed by atoms with Gasteiger partial charge < -0.3 is 10.2 Å². The monoisotopic (exact) mass is 276 g/mol. The molecule has 5 heteroatoms. The summed E-state index contributed by atoms with van der Waals surface area (Å²) in [6.07, 6.45) is 3.63. The molecule has 0 aromatic carbocycles. The Morgan fingerprint density at radius 2 is 2.11 bits per heavy atom. The van der Waals surface area contributed by atoms with Gasteiger partial charge in [0.25, 0.3) is 0 Å². The molecule has 1 aliphatic heterocycles. The molecule has 0 radical (unpaired) electrons. The van der Waals surface area contributed by atoms with E-state index in [1.165, 1.54) is 23.1 Å². The summed E-state index contributed by atoms with van der Waals surface area (Å²) in [5.74, 6) is 1.89. The molecule has 3 rings (SSSR count). The van der Waals surface area contributed by atoms with Gasteiger partial charge in [-0.25, -0.2) is 4.98 Å². The molecule has 3 heterocycles. The van der Waals surface area contributed by atoms with Crippen LogP contribution in [0.4, 0.5) is 11.8 Å². The van der Waals surface area contributed by atoms with Gasteiger partial charge in [-0.05, 0) is 32.3 Å². The van der Waals surface area contributed by atoms with E-state index in [1.54, 1.807) is 11.3 Å². The van der Waals surface area contributed by atoms with E-state index in [0.29, 0.717) is 0 Å². The Morgan fingerprint density at radius 3 is 2.84 bits per heavy atom. The van der Waals surface area contributed by atoms with Gasteiger partial charge in [-0.3, -0.25) is 0 Å². The molecular weight excluding hydrogens is 256 g/mol. The summed E-state index contributed by atoms with van der Waals surface area (Å²) in [5.41, 5.74) is 0. The first-order valence-electron chi connectivity index (χ1n) is 7.05. The topological polar surface area (TPSA) is 41.1 Å². The Kier molecular flexibility index (Phi) is 3.55. The second kappa shape index (κ2) is 5.33. The zero-order valence-corrected chi connectivity index (χ0v) is 12.4. The van der Waals surface area contributed by atoms with Crippen molar-refractivity contribution >= 4 is 33.3 Å². The normalized spacial score (nSPS) is 15.4. The lowest BCUT2D eigenvalue weighted by Gasteiger charge is -2.18. The highest BCUT2D eigenvalue weighted by atomic mass is 32.1. The molecule has 0 saturated carbocycles. The highest BCUT2D eigenvalue weighted by Crippen LogP contribution is 2.33. The van der Waals surface area contributed by atoms with E-state index >= 15 is 0 Å². The molecule has 2 aromatic heterocycles. The number of hydrogen-bond donors (Lipinski definition) is 1. The third kappa shape index (κ3) is 2.52. The quantitative estimate of drug-likeness (QED) is 0.929. The van der Waals surface area contributed by atoms with E-state index in [4.69, 9.17) is 4.98 Å². The Hall–Kier alpha value is -1.36. The van der Waals surface area contributed by atoms with Crippen molar-refractivity contribution in [3.63, 3.8) is 0 Å². The highest BCUT2D eigenvalue weighted by molar-refractivity contribution is 7.18. The summed E-state index contributed by atoms with van der Waals surface area (Å²) in [7, 11) is 0. The van der Waals surface area contributed by atoms with Crippen LogP contribution in [-0.4, -0.2) is 29.6 Å². The Labute approximate surface area is 117 Å². The van der Waals surface area contributed by atoms with Gasteiger partial charge in [0.2, 0.25) is 5.95 Å². The molecule has 0 spiro atoms. The fraction of sp³-hybridized carbons (Fsp3) is 0.571. The fourth-order valence-electron chi connectivity index (χ4n) is 2.51. The average Bonchev–Trinajstić information content (AvgIpc) is 3.03. The number of anilines is 2. The molecular formula is C14H20N4S. The van der Waals surface area contributed by atoms with Gasteiger partial charge in [-0.15, -0.1) is 11.3 Å². The van der Waals surface area contributed by atoms with Gasteiger partial charge in [-0.1, -0.05) is 6.92 Å². The van der Waals surface area contributed by atoms with Crippen molar-refractivity contribution in [2.45, 2.75) is 33.1 Å². The number of rotatable bonds is 4. The van der Waals surface area contributed by atoms with Gasteiger partial charge in [0, 0.05) is 24.5 Å². The van der Waals surface area contributed by atoms with Gasteiger partial charge in [-0.2, -0.15) is 4.98 Å². The zero-order valence-electron chi connectivity index (χ0n) is 11.6. The van der Waals surface area contributed by atoms with E-state index in [9.17, 15) is 0 Å². The summed E-state index contributed by atoms with van der Waals surface area (Å²) in [6.45, 7) is 7.46. The predicted molar refractivity (Wildman–Crippen MR) is 82.4 cm³/mol. The lowest BCUT2D eigenvalue weighted by molar-refractivity contribution is 0.923. The first kappa shape index (κ1) is 12.7. The molecule has 0 aliphatic carbocycles. The number of hydrogen-bond acceptors (Lipinski definition) is 5. The van der Waals surface area contributed by atoms with Crippen LogP contribution in [0.1, 0.15) is 31.1 Å². The standard InChI is InChI=1S/C14H20N4S/c1-3-6-15-14-16-12(18-7-4-5-8-18)11-9-10(2)19-13(11)17-14/h9H,3-8H2,1-2H3,(H,15,16,17). The average molecular weight is 276 g/mol. The van der Waals surface area contributed by atoms with Gasteiger partial charge >= 0.3 is 0 Å². The molecule has 2 aromatic rings. The molecule has 1 aliphatic rings. The molecule has 0 amide bonds. The second-order valence-electron chi connectivity index (χ2n) is 5.07. The van der Waals surface area contributed by atoms with Crippen LogP contribution in [0.3, 0.4) is 0 Å². The molecule has 4 nitrogen and oxygen atoms in total. The van der Waals surface area contributed by atoms with Crippen molar-refractivity contribution in [3.8, 4) is 0 Å². The van der Waals surface area contributed by atoms with Crippen LogP contribution in [-0.2, 0) is 0 Å². The minimum atomic E-state index is 0.776. The van der Waals surface area contributed by atoms with E-state index < -0.39 is 0 Å². The van der Waals surface area contributed by atoms with Crippen molar-refractivity contribution in [1.82, 2.24) is 9.97 Å². The Balaban J connectivity index is 2.04. The summed E-state index contributed by atoms with van der Waals surface area (Å²) < 4.78 is 0. The van der Waals surface area contributed by atoms with Crippen molar-refractivity contribution in [3.05, 3.63) is 10.9 Å². The predicted octanol–water partition coefficient (Wildman–Crippen LogP) is 3.42. The third-order valence-electron chi connectivity index (χ3n) is 3.43. The van der Waals surface area contributed by atoms with Crippen molar-refractivity contribution in [2.75, 3.05) is 29.9 Å².